The summed E-state index contributed by atoms with van der Waals surface area (Å²) in [6.45, 7) is 4.19. The van der Waals surface area contributed by atoms with E-state index >= 15 is 0 Å². The van der Waals surface area contributed by atoms with Crippen molar-refractivity contribution < 1.29 is 24.2 Å². The van der Waals surface area contributed by atoms with Gasteiger partial charge in [-0.3, -0.25) is 9.59 Å². The number of hydrogen-bond acceptors (Lipinski definition) is 5. The molecule has 0 heterocycles. The second-order valence-electron chi connectivity index (χ2n) is 21.9. The molecule has 0 amide bonds. The largest absolute Gasteiger partial charge is 0.462 e. The number of rotatable bonds is 60. The fraction of sp³-hybridized carbons (Fsp3) is 0.908. The molecule has 0 bridgehead atoms. The van der Waals surface area contributed by atoms with Crippen molar-refractivity contribution in [1.82, 2.24) is 0 Å². The van der Waals surface area contributed by atoms with Crippen molar-refractivity contribution in [3.05, 3.63) is 24.3 Å². The van der Waals surface area contributed by atoms with E-state index in [2.05, 4.69) is 38.2 Å². The van der Waals surface area contributed by atoms with E-state index in [0.717, 1.165) is 38.5 Å². The Hall–Kier alpha value is -1.62. The highest BCUT2D eigenvalue weighted by atomic mass is 16.6. The molecular formula is C65H124O5. The van der Waals surface area contributed by atoms with Gasteiger partial charge < -0.3 is 14.6 Å². The minimum atomic E-state index is -0.766. The van der Waals surface area contributed by atoms with Gasteiger partial charge in [-0.05, 0) is 44.9 Å². The summed E-state index contributed by atoms with van der Waals surface area (Å²) in [4.78, 5) is 24.5. The van der Waals surface area contributed by atoms with Gasteiger partial charge in [-0.25, -0.2) is 0 Å². The minimum Gasteiger partial charge on any atom is -0.462 e. The van der Waals surface area contributed by atoms with Gasteiger partial charge in [0.25, 0.3) is 0 Å². The van der Waals surface area contributed by atoms with E-state index < -0.39 is 6.10 Å². The van der Waals surface area contributed by atoms with Gasteiger partial charge in [-0.1, -0.05) is 327 Å². The van der Waals surface area contributed by atoms with Gasteiger partial charge >= 0.3 is 11.9 Å². The summed E-state index contributed by atoms with van der Waals surface area (Å²) < 4.78 is 10.7. The highest BCUT2D eigenvalue weighted by Gasteiger charge is 2.16. The van der Waals surface area contributed by atoms with E-state index in [9.17, 15) is 14.7 Å². The predicted molar refractivity (Wildman–Crippen MR) is 307 cm³/mol. The Morgan fingerprint density at radius 2 is 0.571 bits per heavy atom. The molecule has 414 valence electrons. The summed E-state index contributed by atoms with van der Waals surface area (Å²) in [7, 11) is 0. The number of aliphatic hydroxyl groups excluding tert-OH is 1. The van der Waals surface area contributed by atoms with Crippen molar-refractivity contribution in [2.24, 2.45) is 0 Å². The number of unbranched alkanes of at least 4 members (excludes halogenated alkanes) is 48. The van der Waals surface area contributed by atoms with E-state index in [0.29, 0.717) is 12.8 Å². The lowest BCUT2D eigenvalue weighted by Gasteiger charge is -2.15. The van der Waals surface area contributed by atoms with Gasteiger partial charge in [0, 0.05) is 12.8 Å². The number of allylic oxidation sites excluding steroid dienone is 4. The van der Waals surface area contributed by atoms with E-state index in [4.69, 9.17) is 9.47 Å². The number of carbonyl (C=O) groups excluding carboxylic acids is 2. The fourth-order valence-corrected chi connectivity index (χ4v) is 9.94. The van der Waals surface area contributed by atoms with Crippen molar-refractivity contribution >= 4 is 11.9 Å². The van der Waals surface area contributed by atoms with Crippen molar-refractivity contribution in [3.63, 3.8) is 0 Å². The van der Waals surface area contributed by atoms with Crippen molar-refractivity contribution in [2.75, 3.05) is 13.2 Å². The second-order valence-corrected chi connectivity index (χ2v) is 21.9. The highest BCUT2D eigenvalue weighted by Crippen LogP contribution is 2.18. The zero-order valence-corrected chi connectivity index (χ0v) is 47.6. The Labute approximate surface area is 438 Å². The van der Waals surface area contributed by atoms with Crippen LogP contribution in [0.3, 0.4) is 0 Å². The lowest BCUT2D eigenvalue weighted by Crippen LogP contribution is -2.28. The Balaban J connectivity index is 3.35. The van der Waals surface area contributed by atoms with E-state index in [-0.39, 0.29) is 25.2 Å². The van der Waals surface area contributed by atoms with Crippen LogP contribution in [-0.2, 0) is 19.1 Å². The fourth-order valence-electron chi connectivity index (χ4n) is 9.94. The molecular weight excluding hydrogens is 861 g/mol. The Kier molecular flexibility index (Phi) is 60.3. The second kappa shape index (κ2) is 61.7. The molecule has 1 N–H and O–H groups in total. The van der Waals surface area contributed by atoms with Gasteiger partial charge in [-0.15, -0.1) is 0 Å². The molecule has 0 saturated heterocycles. The maximum atomic E-state index is 12.3. The summed E-state index contributed by atoms with van der Waals surface area (Å²) >= 11 is 0. The average Bonchev–Trinajstić information content (AvgIpc) is 3.36. The van der Waals surface area contributed by atoms with Crippen LogP contribution in [0.5, 0.6) is 0 Å². The average molecular weight is 986 g/mol. The summed E-state index contributed by atoms with van der Waals surface area (Å²) in [6.07, 6.45) is 79.1. The topological polar surface area (TPSA) is 72.8 Å². The molecule has 0 radical (unpaired) electrons. The summed E-state index contributed by atoms with van der Waals surface area (Å²) in [5.74, 6) is -0.566. The van der Waals surface area contributed by atoms with Gasteiger partial charge in [0.1, 0.15) is 6.61 Å². The molecule has 5 heteroatoms. The Morgan fingerprint density at radius 3 is 0.843 bits per heavy atom. The molecule has 0 aromatic carbocycles. The van der Waals surface area contributed by atoms with Crippen LogP contribution in [0.15, 0.2) is 24.3 Å². The standard InChI is InChI=1S/C65H124O5/c1-3-5-7-9-11-13-15-17-19-21-22-23-24-25-26-27-28-29-30-31-32-33-34-35-36-37-38-39-40-41-42-44-46-48-50-52-54-56-58-60-65(68)70-63(61-66)62-69-64(67)59-57-55-53-51-49-47-45-43-20-18-16-14-12-10-8-6-4-2/h15,17,21-22,63,66H,3-14,16,18-20,23-62H2,1-2H3/b17-15-,22-21-. The molecule has 0 aliphatic heterocycles. The predicted octanol–water partition coefficient (Wildman–Crippen LogP) is 21.7. The lowest BCUT2D eigenvalue weighted by molar-refractivity contribution is -0.161. The van der Waals surface area contributed by atoms with Gasteiger partial charge in [0.2, 0.25) is 0 Å². The maximum Gasteiger partial charge on any atom is 0.306 e. The quantitative estimate of drug-likeness (QED) is 0.0373. The van der Waals surface area contributed by atoms with Crippen molar-refractivity contribution in [1.29, 1.82) is 0 Å². The van der Waals surface area contributed by atoms with Crippen LogP contribution in [0.25, 0.3) is 0 Å². The third kappa shape index (κ3) is 58.9. The summed E-state index contributed by atoms with van der Waals surface area (Å²) in [5.41, 5.74) is 0. The van der Waals surface area contributed by atoms with Gasteiger partial charge in [0.05, 0.1) is 6.61 Å². The third-order valence-corrected chi connectivity index (χ3v) is 14.7. The Morgan fingerprint density at radius 1 is 0.329 bits per heavy atom. The molecule has 0 aromatic heterocycles. The number of hydrogen-bond donors (Lipinski definition) is 1. The van der Waals surface area contributed by atoms with Gasteiger partial charge in [-0.2, -0.15) is 0 Å². The highest BCUT2D eigenvalue weighted by molar-refractivity contribution is 5.70. The molecule has 0 aliphatic rings. The summed E-state index contributed by atoms with van der Waals surface area (Å²) in [6, 6.07) is 0. The Bertz CT molecular complexity index is 1070. The third-order valence-electron chi connectivity index (χ3n) is 14.7. The number of ether oxygens (including phenoxy) is 2. The molecule has 0 spiro atoms. The molecule has 0 aromatic rings. The molecule has 0 saturated carbocycles. The molecule has 1 atom stereocenters. The molecule has 0 aliphatic carbocycles. The SMILES string of the molecule is CCCCCCC/C=C\C/C=C\CCCCCCCCCCCCCCCCCCCCCCCCCCCCCC(=O)OC(CO)COC(=O)CCCCCCCCCCCCCCCCCCC. The smallest absolute Gasteiger partial charge is 0.306 e. The monoisotopic (exact) mass is 985 g/mol. The van der Waals surface area contributed by atoms with Crippen LogP contribution in [0.1, 0.15) is 361 Å². The number of aliphatic hydroxyl groups is 1. The van der Waals surface area contributed by atoms with Crippen LogP contribution >= 0.6 is 0 Å². The first-order chi connectivity index (χ1) is 34.6. The van der Waals surface area contributed by atoms with Crippen molar-refractivity contribution in [3.8, 4) is 0 Å². The maximum absolute atomic E-state index is 12.3. The first-order valence-corrected chi connectivity index (χ1v) is 31.9. The zero-order valence-electron chi connectivity index (χ0n) is 47.6. The van der Waals surface area contributed by atoms with Crippen LogP contribution in [0, 0.1) is 0 Å². The summed E-state index contributed by atoms with van der Waals surface area (Å²) in [5, 5.41) is 9.66. The number of esters is 2. The minimum absolute atomic E-state index is 0.0573. The van der Waals surface area contributed by atoms with E-state index in [1.807, 2.05) is 0 Å². The van der Waals surface area contributed by atoms with Gasteiger partial charge in [0.15, 0.2) is 6.10 Å². The first-order valence-electron chi connectivity index (χ1n) is 31.9. The normalized spacial score (nSPS) is 12.2. The molecule has 0 fully saturated rings. The molecule has 1 unspecified atom stereocenters. The van der Waals surface area contributed by atoms with Crippen LogP contribution in [-0.4, -0.2) is 36.4 Å². The van der Waals surface area contributed by atoms with Crippen LogP contribution in [0.2, 0.25) is 0 Å². The van der Waals surface area contributed by atoms with Crippen LogP contribution in [0.4, 0.5) is 0 Å². The lowest BCUT2D eigenvalue weighted by atomic mass is 10.0. The molecule has 70 heavy (non-hydrogen) atoms. The van der Waals surface area contributed by atoms with Crippen LogP contribution < -0.4 is 0 Å². The first kappa shape index (κ1) is 68.4. The van der Waals surface area contributed by atoms with E-state index in [1.54, 1.807) is 0 Å². The zero-order chi connectivity index (χ0) is 50.6. The number of carbonyl (C=O) groups is 2. The molecule has 0 rings (SSSR count). The van der Waals surface area contributed by atoms with E-state index in [1.165, 1.54) is 295 Å². The van der Waals surface area contributed by atoms with Crippen molar-refractivity contribution in [2.45, 2.75) is 367 Å². The molecule has 5 nitrogen and oxygen atoms in total.